The number of para-hydroxylation sites is 1. The Bertz CT molecular complexity index is 685. The Kier molecular flexibility index (Phi) is 5.95. The van der Waals surface area contributed by atoms with E-state index < -0.39 is 11.8 Å². The van der Waals surface area contributed by atoms with Crippen molar-refractivity contribution in [3.63, 3.8) is 0 Å². The lowest BCUT2D eigenvalue weighted by Crippen LogP contribution is -2.45. The minimum Gasteiger partial charge on any atom is -0.496 e. The lowest BCUT2D eigenvalue weighted by molar-refractivity contribution is -0.145. The van der Waals surface area contributed by atoms with Crippen LogP contribution < -0.4 is 10.1 Å². The van der Waals surface area contributed by atoms with E-state index in [0.29, 0.717) is 18.8 Å². The van der Waals surface area contributed by atoms with Crippen molar-refractivity contribution in [3.05, 3.63) is 48.3 Å². The maximum atomic E-state index is 12.2. The van der Waals surface area contributed by atoms with Gasteiger partial charge < -0.3 is 15.0 Å². The monoisotopic (exact) mass is 330 g/mol. The van der Waals surface area contributed by atoms with Crippen LogP contribution in [0.15, 0.2) is 42.7 Å². The summed E-state index contributed by atoms with van der Waals surface area (Å²) in [5.74, 6) is -0.537. The minimum absolute atomic E-state index is 0.207. The first-order valence-corrected chi connectivity index (χ1v) is 7.66. The van der Waals surface area contributed by atoms with E-state index in [2.05, 4.69) is 10.4 Å². The molecule has 0 saturated carbocycles. The second-order valence-electron chi connectivity index (χ2n) is 5.58. The van der Waals surface area contributed by atoms with Crippen LogP contribution >= 0.6 is 0 Å². The van der Waals surface area contributed by atoms with E-state index in [0.717, 1.165) is 5.56 Å². The summed E-state index contributed by atoms with van der Waals surface area (Å²) < 4.78 is 6.96. The van der Waals surface area contributed by atoms with Crippen LogP contribution in [0.2, 0.25) is 0 Å². The maximum absolute atomic E-state index is 12.2. The number of nitrogens with zero attached hydrogens (tertiary/aromatic N) is 3. The molecule has 0 aliphatic rings. The molecule has 1 heterocycles. The average molecular weight is 330 g/mol. The van der Waals surface area contributed by atoms with Gasteiger partial charge in [0.1, 0.15) is 5.75 Å². The van der Waals surface area contributed by atoms with Crippen LogP contribution in [0.3, 0.4) is 0 Å². The van der Waals surface area contributed by atoms with E-state index in [1.807, 2.05) is 31.2 Å². The number of carbonyl (C=O) groups is 2. The average Bonchev–Trinajstić information content (AvgIpc) is 3.07. The van der Waals surface area contributed by atoms with E-state index in [-0.39, 0.29) is 6.04 Å². The highest BCUT2D eigenvalue weighted by atomic mass is 16.5. The van der Waals surface area contributed by atoms with Gasteiger partial charge in [-0.3, -0.25) is 14.3 Å². The predicted octanol–water partition coefficient (Wildman–Crippen LogP) is 1.05. The van der Waals surface area contributed by atoms with Gasteiger partial charge >= 0.3 is 11.8 Å². The summed E-state index contributed by atoms with van der Waals surface area (Å²) >= 11 is 0. The zero-order valence-electron chi connectivity index (χ0n) is 14.1. The Hall–Kier alpha value is -2.83. The molecule has 0 aliphatic heterocycles. The van der Waals surface area contributed by atoms with E-state index in [9.17, 15) is 9.59 Å². The first kappa shape index (κ1) is 17.5. The van der Waals surface area contributed by atoms with Gasteiger partial charge in [-0.25, -0.2) is 0 Å². The molecule has 1 atom stereocenters. The fourth-order valence-electron chi connectivity index (χ4n) is 2.35. The largest absolute Gasteiger partial charge is 0.496 e. The Balaban J connectivity index is 1.90. The Labute approximate surface area is 141 Å². The second kappa shape index (κ2) is 8.14. The molecule has 2 amide bonds. The smallest absolute Gasteiger partial charge is 0.311 e. The van der Waals surface area contributed by atoms with Gasteiger partial charge in [0.05, 0.1) is 13.7 Å². The minimum atomic E-state index is -0.632. The highest BCUT2D eigenvalue weighted by Gasteiger charge is 2.21. The highest BCUT2D eigenvalue weighted by molar-refractivity contribution is 6.34. The lowest BCUT2D eigenvalue weighted by Gasteiger charge is -2.20. The quantitative estimate of drug-likeness (QED) is 0.804. The molecule has 0 saturated heterocycles. The molecule has 0 spiro atoms. The number of likely N-dealkylation sites (N-methyl/N-ethyl adjacent to an activating group) is 1. The van der Waals surface area contributed by atoms with Crippen molar-refractivity contribution < 1.29 is 14.3 Å². The first-order chi connectivity index (χ1) is 11.5. The third kappa shape index (κ3) is 4.58. The predicted molar refractivity (Wildman–Crippen MR) is 89.3 cm³/mol. The lowest BCUT2D eigenvalue weighted by atomic mass is 10.2. The molecular weight excluding hydrogens is 308 g/mol. The molecule has 2 rings (SSSR count). The van der Waals surface area contributed by atoms with Crippen molar-refractivity contribution in [2.75, 3.05) is 14.2 Å². The Morgan fingerprint density at radius 1 is 1.33 bits per heavy atom. The van der Waals surface area contributed by atoms with Gasteiger partial charge in [0.15, 0.2) is 0 Å². The third-order valence-electron chi connectivity index (χ3n) is 3.54. The maximum Gasteiger partial charge on any atom is 0.311 e. The number of amides is 2. The highest BCUT2D eigenvalue weighted by Crippen LogP contribution is 2.18. The fourth-order valence-corrected chi connectivity index (χ4v) is 2.35. The summed E-state index contributed by atoms with van der Waals surface area (Å²) in [4.78, 5) is 25.7. The molecule has 2 aromatic rings. The number of rotatable bonds is 6. The van der Waals surface area contributed by atoms with E-state index >= 15 is 0 Å². The summed E-state index contributed by atoms with van der Waals surface area (Å²) in [7, 11) is 3.16. The number of methoxy groups -OCH3 is 1. The van der Waals surface area contributed by atoms with Crippen LogP contribution in [0.1, 0.15) is 12.5 Å². The molecule has 128 valence electrons. The molecule has 0 aliphatic carbocycles. The number of nitrogens with one attached hydrogen (secondary N) is 1. The zero-order valence-corrected chi connectivity index (χ0v) is 14.1. The van der Waals surface area contributed by atoms with Crippen molar-refractivity contribution in [1.29, 1.82) is 0 Å². The van der Waals surface area contributed by atoms with Crippen molar-refractivity contribution in [2.45, 2.75) is 26.1 Å². The van der Waals surface area contributed by atoms with Crippen molar-refractivity contribution in [1.82, 2.24) is 20.0 Å². The SMILES string of the molecule is COc1ccccc1CN(C)C(=O)C(=O)N[C@@H](C)Cn1cccn1. The number of benzene rings is 1. The normalized spacial score (nSPS) is 11.6. The summed E-state index contributed by atoms with van der Waals surface area (Å²) in [5, 5.41) is 6.77. The number of ether oxygens (including phenoxy) is 1. The zero-order chi connectivity index (χ0) is 17.5. The van der Waals surface area contributed by atoms with E-state index in [1.54, 1.807) is 37.3 Å². The number of carbonyl (C=O) groups excluding carboxylic acids is 2. The number of hydrogen-bond acceptors (Lipinski definition) is 4. The van der Waals surface area contributed by atoms with Gasteiger partial charge in [0.2, 0.25) is 0 Å². The second-order valence-corrected chi connectivity index (χ2v) is 5.58. The van der Waals surface area contributed by atoms with Crippen molar-refractivity contribution >= 4 is 11.8 Å². The molecule has 1 aromatic carbocycles. The Morgan fingerprint density at radius 3 is 2.75 bits per heavy atom. The molecule has 7 heteroatoms. The van der Waals surface area contributed by atoms with Crippen molar-refractivity contribution in [2.24, 2.45) is 0 Å². The van der Waals surface area contributed by atoms with Crippen molar-refractivity contribution in [3.8, 4) is 5.75 Å². The number of aromatic nitrogens is 2. The molecule has 1 N–H and O–H groups in total. The van der Waals surface area contributed by atoms with Crippen LogP contribution in [-0.4, -0.2) is 46.7 Å². The van der Waals surface area contributed by atoms with Gasteiger partial charge in [-0.1, -0.05) is 18.2 Å². The molecule has 24 heavy (non-hydrogen) atoms. The van der Waals surface area contributed by atoms with Crippen LogP contribution in [0.5, 0.6) is 5.75 Å². The topological polar surface area (TPSA) is 76.5 Å². The third-order valence-corrected chi connectivity index (χ3v) is 3.54. The summed E-state index contributed by atoms with van der Waals surface area (Å²) in [6.07, 6.45) is 3.47. The Morgan fingerprint density at radius 2 is 2.08 bits per heavy atom. The van der Waals surface area contributed by atoms with Crippen LogP contribution in [0.4, 0.5) is 0 Å². The molecular formula is C17H22N4O3. The van der Waals surface area contributed by atoms with Gasteiger partial charge in [-0.05, 0) is 19.1 Å². The summed E-state index contributed by atoms with van der Waals surface area (Å²) in [6.45, 7) is 2.62. The van der Waals surface area contributed by atoms with Gasteiger partial charge in [0.25, 0.3) is 0 Å². The van der Waals surface area contributed by atoms with Gasteiger partial charge in [-0.2, -0.15) is 5.10 Å². The molecule has 0 unspecified atom stereocenters. The summed E-state index contributed by atoms with van der Waals surface area (Å²) in [5.41, 5.74) is 0.841. The standard InChI is InChI=1S/C17H22N4O3/c1-13(11-21-10-6-9-18-21)19-16(22)17(23)20(2)12-14-7-4-5-8-15(14)24-3/h4-10,13H,11-12H2,1-3H3,(H,19,22)/t13-/m0/s1. The van der Waals surface area contributed by atoms with Gasteiger partial charge in [-0.15, -0.1) is 0 Å². The van der Waals surface area contributed by atoms with Crippen LogP contribution in [-0.2, 0) is 22.7 Å². The number of hydrogen-bond donors (Lipinski definition) is 1. The molecule has 7 nitrogen and oxygen atoms in total. The van der Waals surface area contributed by atoms with Gasteiger partial charge in [0, 0.05) is 37.6 Å². The summed E-state index contributed by atoms with van der Waals surface area (Å²) in [6, 6.07) is 9.00. The molecule has 1 aromatic heterocycles. The van der Waals surface area contributed by atoms with Crippen LogP contribution in [0, 0.1) is 0 Å². The fraction of sp³-hybridized carbons (Fsp3) is 0.353. The molecule has 0 bridgehead atoms. The van der Waals surface area contributed by atoms with Crippen LogP contribution in [0.25, 0.3) is 0 Å². The first-order valence-electron chi connectivity index (χ1n) is 7.66. The molecule has 0 radical (unpaired) electrons. The van der Waals surface area contributed by atoms with E-state index in [4.69, 9.17) is 4.74 Å². The molecule has 0 fully saturated rings. The van der Waals surface area contributed by atoms with E-state index in [1.165, 1.54) is 4.90 Å².